The first-order valence-electron chi connectivity index (χ1n) is 4.31. The minimum atomic E-state index is -1.23. The predicted octanol–water partition coefficient (Wildman–Crippen LogP) is 1.61. The summed E-state index contributed by atoms with van der Waals surface area (Å²) in [7, 11) is 2.34. The highest BCUT2D eigenvalue weighted by Gasteiger charge is 2.21. The highest BCUT2D eigenvalue weighted by Crippen LogP contribution is 2.34. The second-order valence-corrected chi connectivity index (χ2v) is 2.96. The fraction of sp³-hybridized carbons (Fsp3) is 0.300. The minimum absolute atomic E-state index is 0.157. The van der Waals surface area contributed by atoms with Crippen LogP contribution in [0.4, 0.5) is 8.78 Å². The van der Waals surface area contributed by atoms with Crippen LogP contribution >= 0.6 is 0 Å². The van der Waals surface area contributed by atoms with Gasteiger partial charge in [-0.15, -0.1) is 0 Å². The second kappa shape index (κ2) is 4.78. The van der Waals surface area contributed by atoms with Gasteiger partial charge in [0, 0.05) is 6.07 Å². The van der Waals surface area contributed by atoms with E-state index in [1.807, 2.05) is 0 Å². The van der Waals surface area contributed by atoms with Gasteiger partial charge in [-0.1, -0.05) is 0 Å². The van der Waals surface area contributed by atoms with Gasteiger partial charge in [-0.3, -0.25) is 4.79 Å². The van der Waals surface area contributed by atoms with Crippen LogP contribution in [0.1, 0.15) is 5.56 Å². The van der Waals surface area contributed by atoms with Crippen molar-refractivity contribution in [3.05, 3.63) is 23.3 Å². The van der Waals surface area contributed by atoms with Crippen molar-refractivity contribution < 1.29 is 28.2 Å². The summed E-state index contributed by atoms with van der Waals surface area (Å²) in [5.41, 5.74) is -0.157. The van der Waals surface area contributed by atoms with Crippen LogP contribution in [-0.2, 0) is 11.2 Å². The number of carboxylic acid groups (broad SMARTS) is 1. The van der Waals surface area contributed by atoms with Gasteiger partial charge in [0.25, 0.3) is 0 Å². The lowest BCUT2D eigenvalue weighted by Gasteiger charge is -2.13. The summed E-state index contributed by atoms with van der Waals surface area (Å²) in [6.07, 6.45) is -0.582. The average Bonchev–Trinajstić information content (AvgIpc) is 2.17. The van der Waals surface area contributed by atoms with Gasteiger partial charge in [0.05, 0.1) is 26.2 Å². The van der Waals surface area contributed by atoms with Crippen LogP contribution in [0.2, 0.25) is 0 Å². The molecular weight excluding hydrogens is 222 g/mol. The Hall–Kier alpha value is -1.85. The second-order valence-electron chi connectivity index (χ2n) is 2.96. The molecule has 1 N–H and O–H groups in total. The molecule has 0 aliphatic heterocycles. The summed E-state index contributed by atoms with van der Waals surface area (Å²) in [4.78, 5) is 10.6. The molecule has 1 rings (SSSR count). The summed E-state index contributed by atoms with van der Waals surface area (Å²) in [5, 5.41) is 8.63. The Morgan fingerprint density at radius 3 is 2.00 bits per heavy atom. The Morgan fingerprint density at radius 1 is 1.25 bits per heavy atom. The van der Waals surface area contributed by atoms with Crippen LogP contribution < -0.4 is 9.47 Å². The first-order chi connectivity index (χ1) is 7.51. The molecule has 0 aliphatic carbocycles. The van der Waals surface area contributed by atoms with Gasteiger partial charge < -0.3 is 14.6 Å². The number of hydrogen-bond acceptors (Lipinski definition) is 3. The maximum absolute atomic E-state index is 13.3. The number of carboxylic acids is 1. The van der Waals surface area contributed by atoms with Crippen molar-refractivity contribution in [3.8, 4) is 11.5 Å². The quantitative estimate of drug-likeness (QED) is 0.856. The van der Waals surface area contributed by atoms with Gasteiger partial charge in [0.15, 0.2) is 23.1 Å². The summed E-state index contributed by atoms with van der Waals surface area (Å²) < 4.78 is 35.9. The van der Waals surface area contributed by atoms with E-state index in [1.165, 1.54) is 14.2 Å². The van der Waals surface area contributed by atoms with Crippen LogP contribution in [0, 0.1) is 11.6 Å². The third kappa shape index (κ3) is 2.21. The molecule has 0 amide bonds. The lowest BCUT2D eigenvalue weighted by atomic mass is 10.1. The maximum atomic E-state index is 13.3. The normalized spacial score (nSPS) is 10.0. The molecule has 88 valence electrons. The molecule has 0 saturated heterocycles. The molecule has 0 unspecified atom stereocenters. The van der Waals surface area contributed by atoms with E-state index in [4.69, 9.17) is 5.11 Å². The Morgan fingerprint density at radius 2 is 1.69 bits per heavy atom. The molecular formula is C10H10F2O4. The van der Waals surface area contributed by atoms with Crippen molar-refractivity contribution in [3.63, 3.8) is 0 Å². The van der Waals surface area contributed by atoms with E-state index < -0.39 is 24.0 Å². The smallest absolute Gasteiger partial charge is 0.308 e. The fourth-order valence-electron chi connectivity index (χ4n) is 1.39. The van der Waals surface area contributed by atoms with Gasteiger partial charge in [-0.05, 0) is 0 Å². The lowest BCUT2D eigenvalue weighted by Crippen LogP contribution is -2.07. The van der Waals surface area contributed by atoms with Crippen LogP contribution in [-0.4, -0.2) is 25.3 Å². The van der Waals surface area contributed by atoms with Gasteiger partial charge in [-0.2, -0.15) is 0 Å². The van der Waals surface area contributed by atoms with E-state index >= 15 is 0 Å². The van der Waals surface area contributed by atoms with Crippen molar-refractivity contribution in [1.82, 2.24) is 0 Å². The predicted molar refractivity (Wildman–Crippen MR) is 50.8 cm³/mol. The topological polar surface area (TPSA) is 55.8 Å². The summed E-state index contributed by atoms with van der Waals surface area (Å²) in [5.74, 6) is -3.79. The molecule has 16 heavy (non-hydrogen) atoms. The Balaban J connectivity index is 3.42. The molecule has 0 aliphatic rings. The number of rotatable bonds is 4. The first kappa shape index (κ1) is 12.2. The average molecular weight is 232 g/mol. The molecule has 0 spiro atoms. The van der Waals surface area contributed by atoms with E-state index in [9.17, 15) is 13.6 Å². The van der Waals surface area contributed by atoms with Gasteiger partial charge >= 0.3 is 5.97 Å². The Bertz CT molecular complexity index is 390. The molecule has 0 fully saturated rings. The molecule has 0 saturated carbocycles. The van der Waals surface area contributed by atoms with Crippen molar-refractivity contribution in [1.29, 1.82) is 0 Å². The maximum Gasteiger partial charge on any atom is 0.308 e. The zero-order valence-corrected chi connectivity index (χ0v) is 8.71. The zero-order valence-electron chi connectivity index (χ0n) is 8.71. The van der Waals surface area contributed by atoms with Gasteiger partial charge in [0.2, 0.25) is 0 Å². The molecule has 0 radical (unpaired) electrons. The van der Waals surface area contributed by atoms with Crippen LogP contribution in [0.5, 0.6) is 11.5 Å². The molecule has 6 heteroatoms. The summed E-state index contributed by atoms with van der Waals surface area (Å²) >= 11 is 0. The number of aliphatic carboxylic acids is 1. The minimum Gasteiger partial charge on any atom is -0.493 e. The SMILES string of the molecule is COc1c(F)cc(F)c(OC)c1CC(=O)O. The standard InChI is InChI=1S/C10H10F2O4/c1-15-9-5(3-8(13)14)10(16-2)7(12)4-6(9)11/h4H,3H2,1-2H3,(H,13,14). The summed E-state index contributed by atoms with van der Waals surface area (Å²) in [6, 6.07) is 0.586. The number of methoxy groups -OCH3 is 2. The number of hydrogen-bond donors (Lipinski definition) is 1. The van der Waals surface area contributed by atoms with E-state index in [-0.39, 0.29) is 17.1 Å². The third-order valence-electron chi connectivity index (χ3n) is 1.97. The Kier molecular flexibility index (Phi) is 3.65. The largest absolute Gasteiger partial charge is 0.493 e. The zero-order chi connectivity index (χ0) is 12.3. The van der Waals surface area contributed by atoms with Gasteiger partial charge in [0.1, 0.15) is 0 Å². The van der Waals surface area contributed by atoms with Crippen molar-refractivity contribution in [2.75, 3.05) is 14.2 Å². The molecule has 1 aromatic rings. The number of ether oxygens (including phenoxy) is 2. The van der Waals surface area contributed by atoms with Crippen molar-refractivity contribution >= 4 is 5.97 Å². The molecule has 0 aromatic heterocycles. The first-order valence-corrected chi connectivity index (χ1v) is 4.31. The van der Waals surface area contributed by atoms with E-state index in [0.717, 1.165) is 0 Å². The van der Waals surface area contributed by atoms with Crippen molar-refractivity contribution in [2.45, 2.75) is 6.42 Å². The van der Waals surface area contributed by atoms with Crippen LogP contribution in [0.3, 0.4) is 0 Å². The van der Waals surface area contributed by atoms with Gasteiger partial charge in [-0.25, -0.2) is 8.78 Å². The van der Waals surface area contributed by atoms with E-state index in [1.54, 1.807) is 0 Å². The van der Waals surface area contributed by atoms with Crippen molar-refractivity contribution in [2.24, 2.45) is 0 Å². The van der Waals surface area contributed by atoms with E-state index in [0.29, 0.717) is 6.07 Å². The molecule has 0 bridgehead atoms. The molecule has 4 nitrogen and oxygen atoms in total. The number of benzene rings is 1. The number of carbonyl (C=O) groups is 1. The van der Waals surface area contributed by atoms with E-state index in [2.05, 4.69) is 9.47 Å². The van der Waals surface area contributed by atoms with Crippen LogP contribution in [0.15, 0.2) is 6.07 Å². The molecule has 1 aromatic carbocycles. The molecule has 0 heterocycles. The summed E-state index contributed by atoms with van der Waals surface area (Å²) in [6.45, 7) is 0. The third-order valence-corrected chi connectivity index (χ3v) is 1.97. The monoisotopic (exact) mass is 232 g/mol. The lowest BCUT2D eigenvalue weighted by molar-refractivity contribution is -0.136. The highest BCUT2D eigenvalue weighted by molar-refractivity contribution is 5.73. The Labute approximate surface area is 90.4 Å². The molecule has 0 atom stereocenters. The number of halogens is 2. The fourth-order valence-corrected chi connectivity index (χ4v) is 1.39. The highest BCUT2D eigenvalue weighted by atomic mass is 19.1. The van der Waals surface area contributed by atoms with Crippen LogP contribution in [0.25, 0.3) is 0 Å².